The summed E-state index contributed by atoms with van der Waals surface area (Å²) in [6, 6.07) is 21.7. The maximum Gasteiger partial charge on any atom is 0.338 e. The van der Waals surface area contributed by atoms with Gasteiger partial charge in [-0.25, -0.2) is 9.79 Å². The molecule has 1 saturated heterocycles. The summed E-state index contributed by atoms with van der Waals surface area (Å²) in [5, 5.41) is 5.52. The molecule has 4 rings (SSSR count). The number of nitrogens with one attached hydrogen (secondary N) is 2. The Morgan fingerprint density at radius 3 is 2.39 bits per heavy atom. The van der Waals surface area contributed by atoms with Gasteiger partial charge in [-0.05, 0) is 48.5 Å². The van der Waals surface area contributed by atoms with E-state index < -0.39 is 23.6 Å². The van der Waals surface area contributed by atoms with Gasteiger partial charge in [-0.3, -0.25) is 14.4 Å². The second-order valence-corrected chi connectivity index (χ2v) is 9.26. The number of para-hydroxylation sites is 1. The zero-order valence-corrected chi connectivity index (χ0v) is 20.3. The van der Waals surface area contributed by atoms with Crippen molar-refractivity contribution in [1.29, 1.82) is 0 Å². The van der Waals surface area contributed by atoms with Crippen molar-refractivity contribution in [2.24, 2.45) is 4.99 Å². The van der Waals surface area contributed by atoms with Crippen LogP contribution in [-0.4, -0.2) is 40.6 Å². The Morgan fingerprint density at radius 2 is 1.67 bits per heavy atom. The summed E-state index contributed by atoms with van der Waals surface area (Å²) in [5.74, 6) is -1.74. The van der Waals surface area contributed by atoms with Crippen LogP contribution < -0.4 is 10.6 Å². The third-order valence-corrected chi connectivity index (χ3v) is 6.46. The molecule has 1 aliphatic heterocycles. The van der Waals surface area contributed by atoms with E-state index in [1.807, 2.05) is 30.3 Å². The number of anilines is 1. The number of nitrogens with zero attached hydrogens (tertiary/aromatic N) is 1. The fourth-order valence-electron chi connectivity index (χ4n) is 3.26. The van der Waals surface area contributed by atoms with Gasteiger partial charge in [0.2, 0.25) is 17.6 Å². The lowest BCUT2D eigenvalue weighted by molar-refractivity contribution is -0.122. The number of rotatable bonds is 8. The third kappa shape index (κ3) is 6.59. The van der Waals surface area contributed by atoms with E-state index in [9.17, 15) is 19.2 Å². The average Bonchev–Trinajstić information content (AvgIpc) is 3.21. The van der Waals surface area contributed by atoms with Crippen molar-refractivity contribution in [1.82, 2.24) is 5.32 Å². The molecule has 3 aromatic carbocycles. The molecule has 0 bridgehead atoms. The van der Waals surface area contributed by atoms with Gasteiger partial charge in [0, 0.05) is 17.7 Å². The molecule has 1 atom stereocenters. The molecular weight excluding hydrogens is 502 g/mol. The molecule has 0 spiro atoms. The SMILES string of the molecule is O=C(C[C@@H]1SC(=Nc2ccccc2)NC1=O)Nc1ccc(C(=O)OCC(=O)c2ccccc2Cl)cc1. The van der Waals surface area contributed by atoms with E-state index in [4.69, 9.17) is 16.3 Å². The lowest BCUT2D eigenvalue weighted by atomic mass is 10.1. The number of ketones is 1. The molecule has 3 aromatic rings. The number of benzene rings is 3. The first-order valence-corrected chi connectivity index (χ1v) is 12.1. The monoisotopic (exact) mass is 521 g/mol. The number of hydrogen-bond donors (Lipinski definition) is 2. The van der Waals surface area contributed by atoms with Crippen LogP contribution in [0.1, 0.15) is 27.1 Å². The first kappa shape index (κ1) is 25.2. The summed E-state index contributed by atoms with van der Waals surface area (Å²) in [6.45, 7) is -0.447. The fourth-order valence-corrected chi connectivity index (χ4v) is 4.49. The van der Waals surface area contributed by atoms with Crippen molar-refractivity contribution >= 4 is 63.5 Å². The Balaban J connectivity index is 1.27. The minimum absolute atomic E-state index is 0.0434. The summed E-state index contributed by atoms with van der Waals surface area (Å²) < 4.78 is 5.08. The van der Waals surface area contributed by atoms with Crippen molar-refractivity contribution < 1.29 is 23.9 Å². The summed E-state index contributed by atoms with van der Waals surface area (Å²) in [6.07, 6.45) is -0.0434. The molecule has 2 N–H and O–H groups in total. The minimum atomic E-state index is -0.683. The topological polar surface area (TPSA) is 114 Å². The molecule has 1 fully saturated rings. The van der Waals surface area contributed by atoms with E-state index in [0.29, 0.717) is 16.5 Å². The average molecular weight is 522 g/mol. The fraction of sp³-hybridized carbons (Fsp3) is 0.115. The first-order valence-electron chi connectivity index (χ1n) is 10.8. The van der Waals surface area contributed by atoms with Gasteiger partial charge < -0.3 is 15.4 Å². The van der Waals surface area contributed by atoms with Crippen molar-refractivity contribution in [3.63, 3.8) is 0 Å². The molecule has 0 aliphatic carbocycles. The molecule has 8 nitrogen and oxygen atoms in total. The van der Waals surface area contributed by atoms with E-state index in [1.54, 1.807) is 24.3 Å². The van der Waals surface area contributed by atoms with Crippen molar-refractivity contribution in [2.75, 3.05) is 11.9 Å². The number of ether oxygens (including phenoxy) is 1. The third-order valence-electron chi connectivity index (χ3n) is 5.05. The highest BCUT2D eigenvalue weighted by Crippen LogP contribution is 2.25. The van der Waals surface area contributed by atoms with Gasteiger partial charge in [-0.1, -0.05) is 53.7 Å². The van der Waals surface area contributed by atoms with E-state index in [-0.39, 0.29) is 34.4 Å². The number of esters is 1. The number of halogens is 1. The quantitative estimate of drug-likeness (QED) is 0.330. The van der Waals surface area contributed by atoms with Crippen LogP contribution in [0.15, 0.2) is 83.9 Å². The molecule has 0 aromatic heterocycles. The normalized spacial score (nSPS) is 15.9. The van der Waals surface area contributed by atoms with Gasteiger partial charge in [0.15, 0.2) is 11.8 Å². The van der Waals surface area contributed by atoms with E-state index >= 15 is 0 Å². The highest BCUT2D eigenvalue weighted by molar-refractivity contribution is 8.15. The Morgan fingerprint density at radius 1 is 0.972 bits per heavy atom. The van der Waals surface area contributed by atoms with Crippen LogP contribution >= 0.6 is 23.4 Å². The smallest absolute Gasteiger partial charge is 0.338 e. The van der Waals surface area contributed by atoms with Crippen LogP contribution in [0, 0.1) is 0 Å². The molecule has 0 unspecified atom stereocenters. The molecule has 1 heterocycles. The largest absolute Gasteiger partial charge is 0.454 e. The molecule has 0 radical (unpaired) electrons. The molecular formula is C26H20ClN3O5S. The van der Waals surface area contributed by atoms with Crippen LogP contribution in [0.2, 0.25) is 5.02 Å². The maximum atomic E-state index is 12.5. The van der Waals surface area contributed by atoms with Crippen LogP contribution in [-0.2, 0) is 14.3 Å². The standard InChI is InChI=1S/C26H20ClN3O5S/c27-20-9-5-4-8-19(20)21(31)15-35-25(34)16-10-12-18(13-11-16)28-23(32)14-22-24(33)30-26(36-22)29-17-6-2-1-3-7-17/h1-13,22H,14-15H2,(H,28,32)(H,29,30,33)/t22-/m0/s1. The van der Waals surface area contributed by atoms with Crippen LogP contribution in [0.25, 0.3) is 0 Å². The predicted octanol–water partition coefficient (Wildman–Crippen LogP) is 4.63. The number of Topliss-reactive ketones (excluding diaryl/α,β-unsaturated/α-hetero) is 1. The molecule has 0 saturated carbocycles. The summed E-state index contributed by atoms with van der Waals surface area (Å²) in [7, 11) is 0. The van der Waals surface area contributed by atoms with E-state index in [0.717, 1.165) is 0 Å². The summed E-state index contributed by atoms with van der Waals surface area (Å²) in [4.78, 5) is 53.5. The maximum absolute atomic E-state index is 12.5. The molecule has 2 amide bonds. The van der Waals surface area contributed by atoms with Crippen molar-refractivity contribution in [2.45, 2.75) is 11.7 Å². The van der Waals surface area contributed by atoms with E-state index in [1.165, 1.54) is 36.0 Å². The Labute approximate surface area is 216 Å². The number of hydrogen-bond acceptors (Lipinski definition) is 7. The van der Waals surface area contributed by atoms with Gasteiger partial charge in [0.25, 0.3) is 0 Å². The van der Waals surface area contributed by atoms with E-state index in [2.05, 4.69) is 15.6 Å². The van der Waals surface area contributed by atoms with Gasteiger partial charge in [0.1, 0.15) is 5.25 Å². The first-order chi connectivity index (χ1) is 17.4. The van der Waals surface area contributed by atoms with Crippen molar-refractivity contribution in [3.8, 4) is 0 Å². The lowest BCUT2D eigenvalue weighted by Crippen LogP contribution is -2.28. The number of carbonyl (C=O) groups excluding carboxylic acids is 4. The van der Waals surface area contributed by atoms with Gasteiger partial charge in [-0.15, -0.1) is 0 Å². The van der Waals surface area contributed by atoms with Gasteiger partial charge >= 0.3 is 5.97 Å². The summed E-state index contributed by atoms with van der Waals surface area (Å²) >= 11 is 7.18. The predicted molar refractivity (Wildman–Crippen MR) is 139 cm³/mol. The number of amidine groups is 1. The zero-order chi connectivity index (χ0) is 25.5. The van der Waals surface area contributed by atoms with Gasteiger partial charge in [-0.2, -0.15) is 0 Å². The highest BCUT2D eigenvalue weighted by Gasteiger charge is 2.32. The van der Waals surface area contributed by atoms with Crippen LogP contribution in [0.3, 0.4) is 0 Å². The number of aliphatic imine (C=N–C) groups is 1. The number of amides is 2. The number of carbonyl (C=O) groups is 4. The Hall–Kier alpha value is -3.95. The zero-order valence-electron chi connectivity index (χ0n) is 18.8. The lowest BCUT2D eigenvalue weighted by Gasteiger charge is -2.09. The second kappa shape index (κ2) is 11.7. The Kier molecular flexibility index (Phi) is 8.14. The molecule has 10 heteroatoms. The number of thioether (sulfide) groups is 1. The summed E-state index contributed by atoms with van der Waals surface area (Å²) in [5.41, 5.74) is 1.65. The minimum Gasteiger partial charge on any atom is -0.454 e. The molecule has 36 heavy (non-hydrogen) atoms. The van der Waals surface area contributed by atoms with Crippen LogP contribution in [0.4, 0.5) is 11.4 Å². The highest BCUT2D eigenvalue weighted by atomic mass is 35.5. The molecule has 1 aliphatic rings. The van der Waals surface area contributed by atoms with Crippen LogP contribution in [0.5, 0.6) is 0 Å². The molecule has 182 valence electrons. The van der Waals surface area contributed by atoms with Gasteiger partial charge in [0.05, 0.1) is 16.3 Å². The Bertz CT molecular complexity index is 1330. The van der Waals surface area contributed by atoms with Crippen molar-refractivity contribution in [3.05, 3.63) is 95.0 Å². The second-order valence-electron chi connectivity index (χ2n) is 7.66.